The highest BCUT2D eigenvalue weighted by atomic mass is 16.5. The lowest BCUT2D eigenvalue weighted by atomic mass is 10.1. The van der Waals surface area contributed by atoms with Gasteiger partial charge in [0.1, 0.15) is 11.5 Å². The second-order valence-corrected chi connectivity index (χ2v) is 3.96. The van der Waals surface area contributed by atoms with Crippen LogP contribution in [0.1, 0.15) is 18.4 Å². The van der Waals surface area contributed by atoms with Crippen molar-refractivity contribution in [3.63, 3.8) is 0 Å². The van der Waals surface area contributed by atoms with E-state index in [2.05, 4.69) is 5.32 Å². The minimum Gasteiger partial charge on any atom is -0.497 e. The van der Waals surface area contributed by atoms with E-state index in [1.165, 1.54) is 0 Å². The molecule has 1 amide bonds. The first kappa shape index (κ1) is 14.3. The van der Waals surface area contributed by atoms with E-state index in [0.29, 0.717) is 36.6 Å². The van der Waals surface area contributed by atoms with Crippen LogP contribution in [0.2, 0.25) is 0 Å². The molecule has 0 aliphatic carbocycles. The Kier molecular flexibility index (Phi) is 5.45. The van der Waals surface area contributed by atoms with Crippen LogP contribution in [0.5, 0.6) is 11.5 Å². The van der Waals surface area contributed by atoms with Gasteiger partial charge in [0.15, 0.2) is 0 Å². The second kappa shape index (κ2) is 6.86. The Morgan fingerprint density at radius 2 is 2.06 bits per heavy atom. The van der Waals surface area contributed by atoms with E-state index in [-0.39, 0.29) is 5.91 Å². The van der Waals surface area contributed by atoms with E-state index in [4.69, 9.17) is 15.2 Å². The molecular formula is C13H20N2O3. The maximum Gasteiger partial charge on any atom is 0.224 e. The lowest BCUT2D eigenvalue weighted by Gasteiger charge is -2.14. The quantitative estimate of drug-likeness (QED) is 0.808. The van der Waals surface area contributed by atoms with Crippen LogP contribution in [-0.4, -0.2) is 26.7 Å². The summed E-state index contributed by atoms with van der Waals surface area (Å²) < 4.78 is 10.4. The van der Waals surface area contributed by atoms with Crippen LogP contribution in [0.3, 0.4) is 0 Å². The highest BCUT2D eigenvalue weighted by molar-refractivity contribution is 5.93. The molecule has 0 aliphatic heterocycles. The number of rotatable bonds is 6. The van der Waals surface area contributed by atoms with E-state index in [1.807, 2.05) is 13.0 Å². The molecule has 18 heavy (non-hydrogen) atoms. The highest BCUT2D eigenvalue weighted by Gasteiger charge is 2.12. The van der Waals surface area contributed by atoms with E-state index in [9.17, 15) is 4.79 Å². The van der Waals surface area contributed by atoms with Crippen molar-refractivity contribution in [2.24, 2.45) is 5.73 Å². The molecule has 0 atom stereocenters. The highest BCUT2D eigenvalue weighted by Crippen LogP contribution is 2.33. The van der Waals surface area contributed by atoms with Gasteiger partial charge in [-0.2, -0.15) is 0 Å². The molecule has 0 fully saturated rings. The molecule has 1 rings (SSSR count). The van der Waals surface area contributed by atoms with Gasteiger partial charge in [0.25, 0.3) is 0 Å². The molecule has 100 valence electrons. The predicted octanol–water partition coefficient (Wildman–Crippen LogP) is 1.69. The van der Waals surface area contributed by atoms with Crippen LogP contribution in [0, 0.1) is 6.92 Å². The molecule has 0 saturated heterocycles. The second-order valence-electron chi connectivity index (χ2n) is 3.96. The van der Waals surface area contributed by atoms with Crippen molar-refractivity contribution in [2.45, 2.75) is 19.8 Å². The van der Waals surface area contributed by atoms with Crippen molar-refractivity contribution in [2.75, 3.05) is 26.1 Å². The van der Waals surface area contributed by atoms with E-state index in [0.717, 1.165) is 5.56 Å². The number of nitrogens with two attached hydrogens (primary N) is 1. The standard InChI is InChI=1S/C13H20N2O3/c1-9-7-10(17-2)8-11(18-3)13(9)15-12(16)5-4-6-14/h7-8H,4-6,14H2,1-3H3,(H,15,16). The average Bonchev–Trinajstić information content (AvgIpc) is 2.38. The van der Waals surface area contributed by atoms with Crippen molar-refractivity contribution >= 4 is 11.6 Å². The number of hydrogen-bond donors (Lipinski definition) is 2. The number of aryl methyl sites for hydroxylation is 1. The first-order chi connectivity index (χ1) is 8.62. The number of carbonyl (C=O) groups excluding carboxylic acids is 1. The van der Waals surface area contributed by atoms with Gasteiger partial charge in [-0.05, 0) is 31.5 Å². The number of ether oxygens (including phenoxy) is 2. The smallest absolute Gasteiger partial charge is 0.224 e. The van der Waals surface area contributed by atoms with Crippen LogP contribution in [0.15, 0.2) is 12.1 Å². The Bertz CT molecular complexity index is 419. The summed E-state index contributed by atoms with van der Waals surface area (Å²) in [5.41, 5.74) is 6.95. The third kappa shape index (κ3) is 3.63. The van der Waals surface area contributed by atoms with Crippen LogP contribution in [-0.2, 0) is 4.79 Å². The molecule has 3 N–H and O–H groups in total. The zero-order valence-corrected chi connectivity index (χ0v) is 11.1. The Morgan fingerprint density at radius 1 is 1.33 bits per heavy atom. The normalized spacial score (nSPS) is 10.0. The summed E-state index contributed by atoms with van der Waals surface area (Å²) in [5.74, 6) is 1.23. The molecule has 0 aromatic heterocycles. The molecule has 1 aromatic rings. The fourth-order valence-electron chi connectivity index (χ4n) is 1.63. The number of carbonyl (C=O) groups is 1. The molecular weight excluding hydrogens is 232 g/mol. The zero-order valence-electron chi connectivity index (χ0n) is 11.1. The predicted molar refractivity (Wildman–Crippen MR) is 71.2 cm³/mol. The Morgan fingerprint density at radius 3 is 2.61 bits per heavy atom. The molecule has 5 nitrogen and oxygen atoms in total. The van der Waals surface area contributed by atoms with Crippen molar-refractivity contribution < 1.29 is 14.3 Å². The molecule has 0 spiro atoms. The lowest BCUT2D eigenvalue weighted by molar-refractivity contribution is -0.116. The summed E-state index contributed by atoms with van der Waals surface area (Å²) in [4.78, 5) is 11.7. The summed E-state index contributed by atoms with van der Waals surface area (Å²) >= 11 is 0. The van der Waals surface area contributed by atoms with Crippen LogP contribution in [0.4, 0.5) is 5.69 Å². The number of hydrogen-bond acceptors (Lipinski definition) is 4. The van der Waals surface area contributed by atoms with Crippen LogP contribution >= 0.6 is 0 Å². The Balaban J connectivity index is 2.90. The molecule has 0 radical (unpaired) electrons. The fourth-order valence-corrected chi connectivity index (χ4v) is 1.63. The lowest BCUT2D eigenvalue weighted by Crippen LogP contribution is -2.15. The average molecular weight is 252 g/mol. The number of amides is 1. The van der Waals surface area contributed by atoms with Gasteiger partial charge in [-0.25, -0.2) is 0 Å². The van der Waals surface area contributed by atoms with Crippen molar-refractivity contribution in [3.05, 3.63) is 17.7 Å². The number of benzene rings is 1. The topological polar surface area (TPSA) is 73.6 Å². The number of anilines is 1. The van der Waals surface area contributed by atoms with Gasteiger partial charge < -0.3 is 20.5 Å². The van der Waals surface area contributed by atoms with Gasteiger partial charge in [0.2, 0.25) is 5.91 Å². The summed E-state index contributed by atoms with van der Waals surface area (Å²) in [6.07, 6.45) is 1.08. The van der Waals surface area contributed by atoms with Gasteiger partial charge in [-0.3, -0.25) is 4.79 Å². The summed E-state index contributed by atoms with van der Waals surface area (Å²) in [7, 11) is 3.15. The largest absolute Gasteiger partial charge is 0.497 e. The minimum atomic E-state index is -0.0629. The molecule has 0 saturated carbocycles. The van der Waals surface area contributed by atoms with Crippen molar-refractivity contribution in [3.8, 4) is 11.5 Å². The van der Waals surface area contributed by atoms with E-state index >= 15 is 0 Å². The first-order valence-electron chi connectivity index (χ1n) is 5.85. The summed E-state index contributed by atoms with van der Waals surface area (Å²) in [6, 6.07) is 3.59. The maximum absolute atomic E-state index is 11.7. The van der Waals surface area contributed by atoms with E-state index < -0.39 is 0 Å². The minimum absolute atomic E-state index is 0.0629. The van der Waals surface area contributed by atoms with Crippen molar-refractivity contribution in [1.29, 1.82) is 0 Å². The van der Waals surface area contributed by atoms with Gasteiger partial charge in [0, 0.05) is 12.5 Å². The van der Waals surface area contributed by atoms with Gasteiger partial charge in [-0.1, -0.05) is 0 Å². The number of methoxy groups -OCH3 is 2. The summed E-state index contributed by atoms with van der Waals surface area (Å²) in [5, 5.41) is 2.84. The summed E-state index contributed by atoms with van der Waals surface area (Å²) in [6.45, 7) is 2.40. The van der Waals surface area contributed by atoms with Crippen LogP contribution < -0.4 is 20.5 Å². The molecule has 0 aliphatic rings. The Labute approximate surface area is 107 Å². The SMILES string of the molecule is COc1cc(C)c(NC(=O)CCCN)c(OC)c1. The van der Waals surface area contributed by atoms with Gasteiger partial charge in [0.05, 0.1) is 19.9 Å². The fraction of sp³-hybridized carbons (Fsp3) is 0.462. The molecule has 0 unspecified atom stereocenters. The van der Waals surface area contributed by atoms with E-state index in [1.54, 1.807) is 20.3 Å². The molecule has 0 heterocycles. The maximum atomic E-state index is 11.7. The van der Waals surface area contributed by atoms with Crippen molar-refractivity contribution in [1.82, 2.24) is 0 Å². The Hall–Kier alpha value is -1.75. The van der Waals surface area contributed by atoms with Crippen LogP contribution in [0.25, 0.3) is 0 Å². The molecule has 1 aromatic carbocycles. The zero-order chi connectivity index (χ0) is 13.5. The number of nitrogens with one attached hydrogen (secondary N) is 1. The molecule has 5 heteroatoms. The monoisotopic (exact) mass is 252 g/mol. The molecule has 0 bridgehead atoms. The third-order valence-corrected chi connectivity index (χ3v) is 2.60. The third-order valence-electron chi connectivity index (χ3n) is 2.60. The van der Waals surface area contributed by atoms with Gasteiger partial charge in [-0.15, -0.1) is 0 Å². The first-order valence-corrected chi connectivity index (χ1v) is 5.85. The van der Waals surface area contributed by atoms with Gasteiger partial charge >= 0.3 is 0 Å².